The van der Waals surface area contributed by atoms with Gasteiger partial charge in [0.25, 0.3) is 0 Å². The summed E-state index contributed by atoms with van der Waals surface area (Å²) >= 11 is 0. The van der Waals surface area contributed by atoms with Gasteiger partial charge in [-0.15, -0.1) is 0 Å². The molecule has 1 aliphatic rings. The molecule has 19 heavy (non-hydrogen) atoms. The number of phenolic OH excluding ortho intramolecular Hbond substituents is 1. The molecule has 2 aromatic rings. The van der Waals surface area contributed by atoms with E-state index in [1.165, 1.54) is 17.2 Å². The zero-order valence-electron chi connectivity index (χ0n) is 10.6. The lowest BCUT2D eigenvalue weighted by atomic mass is 10.1. The lowest BCUT2D eigenvalue weighted by Crippen LogP contribution is -2.18. The number of phenols is 1. The molecule has 1 atom stereocenters. The average Bonchev–Trinajstić information content (AvgIpc) is 2.78. The van der Waals surface area contributed by atoms with Gasteiger partial charge in [0.2, 0.25) is 0 Å². The van der Waals surface area contributed by atoms with Crippen LogP contribution in [0, 0.1) is 5.82 Å². The number of nitrogens with one attached hydrogen (secondary N) is 1. The van der Waals surface area contributed by atoms with Gasteiger partial charge in [0.15, 0.2) is 0 Å². The van der Waals surface area contributed by atoms with Crippen molar-refractivity contribution in [2.75, 3.05) is 0 Å². The van der Waals surface area contributed by atoms with Gasteiger partial charge < -0.3 is 10.4 Å². The highest BCUT2D eigenvalue weighted by molar-refractivity contribution is 5.34. The minimum atomic E-state index is -0.399. The second kappa shape index (κ2) is 5.02. The summed E-state index contributed by atoms with van der Waals surface area (Å²) in [4.78, 5) is 0. The first-order valence-corrected chi connectivity index (χ1v) is 6.52. The number of benzene rings is 2. The Hall–Kier alpha value is -1.87. The van der Waals surface area contributed by atoms with Crippen LogP contribution in [-0.4, -0.2) is 5.11 Å². The molecular weight excluding hydrogens is 241 g/mol. The zero-order valence-corrected chi connectivity index (χ0v) is 10.6. The van der Waals surface area contributed by atoms with Gasteiger partial charge in [-0.1, -0.05) is 24.3 Å². The van der Waals surface area contributed by atoms with E-state index in [0.29, 0.717) is 12.6 Å². The third-order valence-electron chi connectivity index (χ3n) is 3.63. The van der Waals surface area contributed by atoms with E-state index in [2.05, 4.69) is 23.5 Å². The van der Waals surface area contributed by atoms with Crippen molar-refractivity contribution < 1.29 is 9.50 Å². The van der Waals surface area contributed by atoms with Crippen LogP contribution in [0.3, 0.4) is 0 Å². The van der Waals surface area contributed by atoms with Crippen molar-refractivity contribution in [2.24, 2.45) is 0 Å². The van der Waals surface area contributed by atoms with Crippen LogP contribution < -0.4 is 5.32 Å². The lowest BCUT2D eigenvalue weighted by molar-refractivity contribution is 0.465. The molecule has 0 heterocycles. The molecule has 0 radical (unpaired) electrons. The Balaban J connectivity index is 1.70. The Morgan fingerprint density at radius 3 is 2.89 bits per heavy atom. The summed E-state index contributed by atoms with van der Waals surface area (Å²) in [6, 6.07) is 12.9. The first kappa shape index (κ1) is 12.2. The fourth-order valence-electron chi connectivity index (χ4n) is 2.75. The van der Waals surface area contributed by atoms with Crippen molar-refractivity contribution >= 4 is 0 Å². The summed E-state index contributed by atoms with van der Waals surface area (Å²) in [5.41, 5.74) is 3.49. The van der Waals surface area contributed by atoms with E-state index >= 15 is 0 Å². The molecule has 3 heteroatoms. The smallest absolute Gasteiger partial charge is 0.127 e. The molecule has 2 N–H and O–H groups in total. The minimum absolute atomic E-state index is 0.0244. The van der Waals surface area contributed by atoms with Crippen LogP contribution in [0.2, 0.25) is 0 Å². The summed E-state index contributed by atoms with van der Waals surface area (Å²) in [6.07, 6.45) is 2.16. The Labute approximate surface area is 111 Å². The van der Waals surface area contributed by atoms with E-state index in [4.69, 9.17) is 0 Å². The normalized spacial score (nSPS) is 17.4. The Morgan fingerprint density at radius 1 is 1.21 bits per heavy atom. The van der Waals surface area contributed by atoms with Crippen LogP contribution in [0.15, 0.2) is 42.5 Å². The predicted octanol–water partition coefficient (Wildman–Crippen LogP) is 3.31. The summed E-state index contributed by atoms with van der Waals surface area (Å²) in [7, 11) is 0. The second-order valence-corrected chi connectivity index (χ2v) is 4.99. The van der Waals surface area contributed by atoms with E-state index < -0.39 is 5.82 Å². The quantitative estimate of drug-likeness (QED) is 0.884. The summed E-state index contributed by atoms with van der Waals surface area (Å²) in [5.74, 6) is -0.424. The Morgan fingerprint density at radius 2 is 2.05 bits per heavy atom. The van der Waals surface area contributed by atoms with E-state index in [1.54, 1.807) is 6.07 Å². The SMILES string of the molecule is Oc1cc(F)cc(CNC2CCc3ccccc32)c1. The molecule has 2 nitrogen and oxygen atoms in total. The van der Waals surface area contributed by atoms with Gasteiger partial charge in [-0.3, -0.25) is 0 Å². The highest BCUT2D eigenvalue weighted by atomic mass is 19.1. The van der Waals surface area contributed by atoms with E-state index in [-0.39, 0.29) is 5.75 Å². The molecule has 1 unspecified atom stereocenters. The maximum Gasteiger partial charge on any atom is 0.127 e. The van der Waals surface area contributed by atoms with Crippen molar-refractivity contribution in [3.8, 4) is 5.75 Å². The minimum Gasteiger partial charge on any atom is -0.508 e. The van der Waals surface area contributed by atoms with Crippen molar-refractivity contribution in [3.63, 3.8) is 0 Å². The van der Waals surface area contributed by atoms with Gasteiger partial charge in [0, 0.05) is 18.7 Å². The van der Waals surface area contributed by atoms with E-state index in [0.717, 1.165) is 24.5 Å². The maximum absolute atomic E-state index is 13.2. The molecule has 0 amide bonds. The fourth-order valence-corrected chi connectivity index (χ4v) is 2.75. The predicted molar refractivity (Wildman–Crippen MR) is 72.4 cm³/mol. The molecule has 98 valence electrons. The van der Waals surface area contributed by atoms with Crippen LogP contribution in [-0.2, 0) is 13.0 Å². The van der Waals surface area contributed by atoms with Crippen molar-refractivity contribution in [1.82, 2.24) is 5.32 Å². The second-order valence-electron chi connectivity index (χ2n) is 4.99. The monoisotopic (exact) mass is 257 g/mol. The molecule has 0 fully saturated rings. The van der Waals surface area contributed by atoms with Crippen molar-refractivity contribution in [2.45, 2.75) is 25.4 Å². The largest absolute Gasteiger partial charge is 0.508 e. The van der Waals surface area contributed by atoms with Crippen LogP contribution in [0.5, 0.6) is 5.75 Å². The van der Waals surface area contributed by atoms with E-state index in [1.807, 2.05) is 6.07 Å². The number of aryl methyl sites for hydroxylation is 1. The van der Waals surface area contributed by atoms with Gasteiger partial charge in [0.1, 0.15) is 11.6 Å². The van der Waals surface area contributed by atoms with E-state index in [9.17, 15) is 9.50 Å². The molecule has 3 rings (SSSR count). The fraction of sp³-hybridized carbons (Fsp3) is 0.250. The average molecular weight is 257 g/mol. The van der Waals surface area contributed by atoms with Gasteiger partial charge in [-0.05, 0) is 41.7 Å². The topological polar surface area (TPSA) is 32.3 Å². The molecule has 1 aliphatic carbocycles. The van der Waals surface area contributed by atoms with Gasteiger partial charge >= 0.3 is 0 Å². The molecule has 0 saturated heterocycles. The molecule has 0 spiro atoms. The third kappa shape index (κ3) is 2.61. The maximum atomic E-state index is 13.2. The summed E-state index contributed by atoms with van der Waals surface area (Å²) in [6.45, 7) is 0.560. The highest BCUT2D eigenvalue weighted by Gasteiger charge is 2.21. The Kier molecular flexibility index (Phi) is 3.22. The first-order valence-electron chi connectivity index (χ1n) is 6.52. The third-order valence-corrected chi connectivity index (χ3v) is 3.63. The van der Waals surface area contributed by atoms with Crippen molar-refractivity contribution in [3.05, 3.63) is 65.0 Å². The summed E-state index contributed by atoms with van der Waals surface area (Å²) < 4.78 is 13.2. The molecule has 0 aromatic heterocycles. The van der Waals surface area contributed by atoms with Crippen molar-refractivity contribution in [1.29, 1.82) is 0 Å². The lowest BCUT2D eigenvalue weighted by Gasteiger charge is -2.14. The van der Waals surface area contributed by atoms with Crippen LogP contribution in [0.25, 0.3) is 0 Å². The molecule has 0 bridgehead atoms. The first-order chi connectivity index (χ1) is 9.22. The number of rotatable bonds is 3. The zero-order chi connectivity index (χ0) is 13.2. The number of hydrogen-bond acceptors (Lipinski definition) is 2. The standard InChI is InChI=1S/C16H16FNO/c17-13-7-11(8-14(19)9-13)10-18-16-6-5-12-3-1-2-4-15(12)16/h1-4,7-9,16,18-19H,5-6,10H2. The number of fused-ring (bicyclic) bond motifs is 1. The number of halogens is 1. The summed E-state index contributed by atoms with van der Waals surface area (Å²) in [5, 5.41) is 12.8. The molecule has 2 aromatic carbocycles. The van der Waals surface area contributed by atoms with Crippen LogP contribution in [0.1, 0.15) is 29.2 Å². The molecule has 0 aliphatic heterocycles. The van der Waals surface area contributed by atoms with Gasteiger partial charge in [-0.2, -0.15) is 0 Å². The van der Waals surface area contributed by atoms with Gasteiger partial charge in [-0.25, -0.2) is 4.39 Å². The van der Waals surface area contributed by atoms with Crippen LogP contribution >= 0.6 is 0 Å². The number of aromatic hydroxyl groups is 1. The van der Waals surface area contributed by atoms with Gasteiger partial charge in [0.05, 0.1) is 0 Å². The molecule has 0 saturated carbocycles. The highest BCUT2D eigenvalue weighted by Crippen LogP contribution is 2.31. The molecular formula is C16H16FNO. The Bertz CT molecular complexity index is 577. The number of hydrogen-bond donors (Lipinski definition) is 2. The van der Waals surface area contributed by atoms with Crippen LogP contribution in [0.4, 0.5) is 4.39 Å².